The molecule has 0 aliphatic carbocycles. The number of hydrogen-bond donors (Lipinski definition) is 1. The molecule has 1 saturated heterocycles. The molecule has 1 aliphatic heterocycles. The summed E-state index contributed by atoms with van der Waals surface area (Å²) in [6.45, 7) is 1.48. The third kappa shape index (κ3) is 1.60. The Balaban J connectivity index is 2.53. The molecule has 1 fully saturated rings. The Bertz CT molecular complexity index is 530. The van der Waals surface area contributed by atoms with Crippen molar-refractivity contribution in [3.8, 4) is 0 Å². The van der Waals surface area contributed by atoms with Crippen LogP contribution in [0.2, 0.25) is 0 Å². The first-order valence-corrected chi connectivity index (χ1v) is 6.56. The Hall–Kier alpha value is -1.37. The molecule has 0 amide bonds. The Labute approximate surface area is 92.2 Å². The number of nitrogens with zero attached hydrogens (tertiary/aromatic N) is 1. The van der Waals surface area contributed by atoms with Gasteiger partial charge in [0.25, 0.3) is 0 Å². The van der Waals surface area contributed by atoms with Gasteiger partial charge in [-0.05, 0) is 19.8 Å². The van der Waals surface area contributed by atoms with E-state index >= 15 is 0 Å². The van der Waals surface area contributed by atoms with Crippen molar-refractivity contribution in [1.29, 1.82) is 0 Å². The standard InChI is InChI=1S/C9H11NO5S/c1-5-7(9(11)12)8(15-10-5)6-3-2-4-16(6,13)14/h6H,2-4H2,1H3,(H,11,12). The maximum atomic E-state index is 11.7. The molecule has 6 nitrogen and oxygen atoms in total. The molecule has 1 aromatic heterocycles. The number of aromatic carboxylic acids is 1. The molecule has 0 spiro atoms. The van der Waals surface area contributed by atoms with Crippen molar-refractivity contribution in [3.05, 3.63) is 17.0 Å². The summed E-state index contributed by atoms with van der Waals surface area (Å²) in [5.74, 6) is -1.14. The molecule has 16 heavy (non-hydrogen) atoms. The Morgan fingerprint density at radius 3 is 2.75 bits per heavy atom. The smallest absolute Gasteiger partial charge is 0.341 e. The maximum absolute atomic E-state index is 11.7. The van der Waals surface area contributed by atoms with Gasteiger partial charge in [0.2, 0.25) is 0 Å². The maximum Gasteiger partial charge on any atom is 0.341 e. The van der Waals surface area contributed by atoms with E-state index in [9.17, 15) is 13.2 Å². The fourth-order valence-electron chi connectivity index (χ4n) is 1.95. The van der Waals surface area contributed by atoms with Gasteiger partial charge in [-0.3, -0.25) is 0 Å². The molecule has 1 aromatic rings. The lowest BCUT2D eigenvalue weighted by Gasteiger charge is -2.05. The van der Waals surface area contributed by atoms with Gasteiger partial charge in [-0.2, -0.15) is 0 Å². The van der Waals surface area contributed by atoms with Crippen molar-refractivity contribution < 1.29 is 22.8 Å². The molecular weight excluding hydrogens is 234 g/mol. The van der Waals surface area contributed by atoms with Gasteiger partial charge in [0.1, 0.15) is 10.8 Å². The summed E-state index contributed by atoms with van der Waals surface area (Å²) in [4.78, 5) is 11.0. The molecule has 7 heteroatoms. The van der Waals surface area contributed by atoms with E-state index in [1.807, 2.05) is 0 Å². The lowest BCUT2D eigenvalue weighted by molar-refractivity contribution is 0.0693. The highest BCUT2D eigenvalue weighted by molar-refractivity contribution is 7.91. The molecule has 0 radical (unpaired) electrons. The second-order valence-electron chi connectivity index (χ2n) is 3.81. The molecule has 0 aromatic carbocycles. The van der Waals surface area contributed by atoms with Crippen molar-refractivity contribution >= 4 is 15.8 Å². The highest BCUT2D eigenvalue weighted by Gasteiger charge is 2.39. The van der Waals surface area contributed by atoms with E-state index in [1.165, 1.54) is 6.92 Å². The summed E-state index contributed by atoms with van der Waals surface area (Å²) in [5, 5.41) is 11.7. The van der Waals surface area contributed by atoms with E-state index in [-0.39, 0.29) is 22.8 Å². The van der Waals surface area contributed by atoms with Crippen molar-refractivity contribution in [2.24, 2.45) is 0 Å². The third-order valence-electron chi connectivity index (χ3n) is 2.72. The fourth-order valence-corrected chi connectivity index (χ4v) is 3.82. The highest BCUT2D eigenvalue weighted by atomic mass is 32.2. The van der Waals surface area contributed by atoms with Crippen LogP contribution >= 0.6 is 0 Å². The molecule has 0 saturated carbocycles. The highest BCUT2D eigenvalue weighted by Crippen LogP contribution is 2.37. The van der Waals surface area contributed by atoms with Gasteiger partial charge < -0.3 is 9.63 Å². The number of carboxylic acids is 1. The van der Waals surface area contributed by atoms with Crippen molar-refractivity contribution in [2.75, 3.05) is 5.75 Å². The molecule has 2 rings (SSSR count). The van der Waals surface area contributed by atoms with Gasteiger partial charge in [0.15, 0.2) is 15.6 Å². The Morgan fingerprint density at radius 2 is 2.25 bits per heavy atom. The largest absolute Gasteiger partial charge is 0.477 e. The van der Waals surface area contributed by atoms with Gasteiger partial charge in [-0.1, -0.05) is 5.16 Å². The molecule has 0 bridgehead atoms. The predicted octanol–water partition coefficient (Wildman–Crippen LogP) is 0.931. The topological polar surface area (TPSA) is 97.5 Å². The van der Waals surface area contributed by atoms with Gasteiger partial charge in [0, 0.05) is 0 Å². The number of aryl methyl sites for hydroxylation is 1. The van der Waals surface area contributed by atoms with Crippen LogP contribution in [0.3, 0.4) is 0 Å². The Morgan fingerprint density at radius 1 is 1.56 bits per heavy atom. The van der Waals surface area contributed by atoms with Crippen LogP contribution in [-0.4, -0.2) is 30.4 Å². The van der Waals surface area contributed by atoms with E-state index in [1.54, 1.807) is 0 Å². The normalized spacial score (nSPS) is 23.4. The second-order valence-corrected chi connectivity index (χ2v) is 6.11. The zero-order chi connectivity index (χ0) is 11.9. The number of aromatic nitrogens is 1. The molecule has 1 unspecified atom stereocenters. The summed E-state index contributed by atoms with van der Waals surface area (Å²) < 4.78 is 28.2. The van der Waals surface area contributed by atoms with Gasteiger partial charge in [-0.15, -0.1) is 0 Å². The quantitative estimate of drug-likeness (QED) is 0.832. The number of hydrogen-bond acceptors (Lipinski definition) is 5. The van der Waals surface area contributed by atoms with E-state index in [4.69, 9.17) is 9.63 Å². The lowest BCUT2D eigenvalue weighted by Crippen LogP contribution is -2.11. The van der Waals surface area contributed by atoms with Gasteiger partial charge in [-0.25, -0.2) is 13.2 Å². The van der Waals surface area contributed by atoms with Crippen molar-refractivity contribution in [1.82, 2.24) is 5.16 Å². The number of carboxylic acid groups (broad SMARTS) is 1. The van der Waals surface area contributed by atoms with Gasteiger partial charge in [0.05, 0.1) is 11.4 Å². The van der Waals surface area contributed by atoms with Crippen LogP contribution in [0.25, 0.3) is 0 Å². The first kappa shape index (κ1) is 11.1. The second kappa shape index (κ2) is 3.58. The number of rotatable bonds is 2. The van der Waals surface area contributed by atoms with Crippen LogP contribution in [0.4, 0.5) is 0 Å². The van der Waals surface area contributed by atoms with Crippen molar-refractivity contribution in [3.63, 3.8) is 0 Å². The van der Waals surface area contributed by atoms with Crippen LogP contribution < -0.4 is 0 Å². The average molecular weight is 245 g/mol. The minimum absolute atomic E-state index is 0.0255. The molecule has 2 heterocycles. The first-order valence-electron chi connectivity index (χ1n) is 4.84. The van der Waals surface area contributed by atoms with E-state index in [0.29, 0.717) is 12.8 Å². The zero-order valence-electron chi connectivity index (χ0n) is 8.63. The van der Waals surface area contributed by atoms with Crippen LogP contribution in [-0.2, 0) is 9.84 Å². The summed E-state index contributed by atoms with van der Waals surface area (Å²) in [7, 11) is -3.28. The first-order chi connectivity index (χ1) is 7.43. The average Bonchev–Trinajstić information content (AvgIpc) is 2.68. The third-order valence-corrected chi connectivity index (χ3v) is 4.90. The molecule has 1 atom stereocenters. The SMILES string of the molecule is Cc1noc(C2CCCS2(=O)=O)c1C(=O)O. The zero-order valence-corrected chi connectivity index (χ0v) is 9.45. The van der Waals surface area contributed by atoms with Crippen LogP contribution in [0.5, 0.6) is 0 Å². The molecule has 1 aliphatic rings. The minimum Gasteiger partial charge on any atom is -0.477 e. The molecular formula is C9H11NO5S. The summed E-state index contributed by atoms with van der Waals surface area (Å²) in [6.07, 6.45) is 0.934. The number of sulfone groups is 1. The monoisotopic (exact) mass is 245 g/mol. The molecule has 1 N–H and O–H groups in total. The van der Waals surface area contributed by atoms with Crippen LogP contribution in [0.1, 0.15) is 39.9 Å². The van der Waals surface area contributed by atoms with Gasteiger partial charge >= 0.3 is 5.97 Å². The van der Waals surface area contributed by atoms with E-state index in [0.717, 1.165) is 0 Å². The van der Waals surface area contributed by atoms with Crippen molar-refractivity contribution in [2.45, 2.75) is 25.0 Å². The molecule has 88 valence electrons. The van der Waals surface area contributed by atoms with E-state index in [2.05, 4.69) is 5.16 Å². The minimum atomic E-state index is -3.28. The fraction of sp³-hybridized carbons (Fsp3) is 0.556. The Kier molecular flexibility index (Phi) is 2.49. The summed E-state index contributed by atoms with van der Waals surface area (Å²) >= 11 is 0. The summed E-state index contributed by atoms with van der Waals surface area (Å²) in [5.41, 5.74) is 0.0973. The lowest BCUT2D eigenvalue weighted by atomic mass is 10.1. The number of carbonyl (C=O) groups is 1. The predicted molar refractivity (Wildman–Crippen MR) is 54.0 cm³/mol. The van der Waals surface area contributed by atoms with Crippen LogP contribution in [0, 0.1) is 6.92 Å². The van der Waals surface area contributed by atoms with E-state index < -0.39 is 21.1 Å². The van der Waals surface area contributed by atoms with Crippen LogP contribution in [0.15, 0.2) is 4.52 Å². The summed E-state index contributed by atoms with van der Waals surface area (Å²) in [6, 6.07) is 0.